The summed E-state index contributed by atoms with van der Waals surface area (Å²) >= 11 is 0. The molecule has 94 valence electrons. The van der Waals surface area contributed by atoms with Gasteiger partial charge in [-0.3, -0.25) is 4.72 Å². The maximum absolute atomic E-state index is 10.9. The molecule has 1 unspecified atom stereocenters. The van der Waals surface area contributed by atoms with Crippen LogP contribution in [0.2, 0.25) is 0 Å². The van der Waals surface area contributed by atoms with E-state index in [2.05, 4.69) is 14.7 Å². The van der Waals surface area contributed by atoms with E-state index in [1.165, 1.54) is 12.5 Å². The Morgan fingerprint density at radius 1 is 1.65 bits per heavy atom. The molecule has 0 aliphatic heterocycles. The normalized spacial score (nSPS) is 11.9. The molecule has 1 aromatic rings. The number of hydrogen-bond acceptors (Lipinski definition) is 5. The highest BCUT2D eigenvalue weighted by molar-refractivity contribution is 7.85. The standard InChI is InChI=1S/C9H13N3O4S/c1-3-6-7(16-5-8(13)14)4-10-9(11-6)12-17(2)15/h4H,3,5H2,1-2H3,(H,13,14)(H,10,11,12). The summed E-state index contributed by atoms with van der Waals surface area (Å²) in [5, 5.41) is 8.49. The SMILES string of the molecule is CCc1nc(NS(C)=O)ncc1OCC(=O)O. The molecule has 0 bridgehead atoms. The number of carbonyl (C=O) groups is 1. The number of carboxylic acid groups (broad SMARTS) is 1. The number of carboxylic acids is 1. The number of aromatic nitrogens is 2. The molecular weight excluding hydrogens is 246 g/mol. The Morgan fingerprint density at radius 3 is 2.88 bits per heavy atom. The molecule has 1 atom stereocenters. The molecule has 17 heavy (non-hydrogen) atoms. The maximum Gasteiger partial charge on any atom is 0.341 e. The molecule has 0 aliphatic rings. The van der Waals surface area contributed by atoms with Crippen molar-refractivity contribution in [2.75, 3.05) is 17.6 Å². The van der Waals surface area contributed by atoms with Gasteiger partial charge in [0.1, 0.15) is 11.0 Å². The quantitative estimate of drug-likeness (QED) is 0.757. The smallest absolute Gasteiger partial charge is 0.341 e. The van der Waals surface area contributed by atoms with Crippen LogP contribution in [0.3, 0.4) is 0 Å². The second-order valence-corrected chi connectivity index (χ2v) is 4.21. The molecule has 0 aliphatic carbocycles. The molecule has 0 saturated carbocycles. The third-order valence-corrected chi connectivity index (χ3v) is 2.22. The van der Waals surface area contributed by atoms with Crippen molar-refractivity contribution < 1.29 is 18.8 Å². The summed E-state index contributed by atoms with van der Waals surface area (Å²) in [5.41, 5.74) is 0.564. The summed E-state index contributed by atoms with van der Waals surface area (Å²) in [4.78, 5) is 18.3. The van der Waals surface area contributed by atoms with Gasteiger partial charge in [-0.25, -0.2) is 19.0 Å². The molecular formula is C9H13N3O4S. The Bertz CT molecular complexity index is 438. The van der Waals surface area contributed by atoms with Crippen molar-refractivity contribution in [1.29, 1.82) is 0 Å². The zero-order valence-corrected chi connectivity index (χ0v) is 10.3. The molecule has 0 radical (unpaired) electrons. The van der Waals surface area contributed by atoms with E-state index in [9.17, 15) is 9.00 Å². The van der Waals surface area contributed by atoms with E-state index in [0.29, 0.717) is 17.9 Å². The van der Waals surface area contributed by atoms with Gasteiger partial charge in [0, 0.05) is 6.26 Å². The van der Waals surface area contributed by atoms with Crippen LogP contribution in [0, 0.1) is 0 Å². The largest absolute Gasteiger partial charge is 0.479 e. The highest BCUT2D eigenvalue weighted by Gasteiger charge is 2.09. The first-order valence-corrected chi connectivity index (χ1v) is 6.39. The number of rotatable bonds is 6. The van der Waals surface area contributed by atoms with Crippen LogP contribution in [0.4, 0.5) is 5.95 Å². The van der Waals surface area contributed by atoms with Gasteiger partial charge in [0.05, 0.1) is 11.9 Å². The molecule has 7 nitrogen and oxygen atoms in total. The van der Waals surface area contributed by atoms with Crippen LogP contribution in [0.1, 0.15) is 12.6 Å². The topological polar surface area (TPSA) is 101 Å². The Hall–Kier alpha value is -1.70. The predicted octanol–water partition coefficient (Wildman–Crippen LogP) is 0.208. The summed E-state index contributed by atoms with van der Waals surface area (Å²) < 4.78 is 18.5. The average Bonchev–Trinajstić information content (AvgIpc) is 2.26. The fraction of sp³-hybridized carbons (Fsp3) is 0.444. The number of aryl methyl sites for hydroxylation is 1. The molecule has 0 saturated heterocycles. The molecule has 1 aromatic heterocycles. The minimum absolute atomic E-state index is 0.227. The monoisotopic (exact) mass is 259 g/mol. The second-order valence-electron chi connectivity index (χ2n) is 3.10. The van der Waals surface area contributed by atoms with Crippen molar-refractivity contribution in [2.24, 2.45) is 0 Å². The van der Waals surface area contributed by atoms with E-state index < -0.39 is 23.6 Å². The van der Waals surface area contributed by atoms with Crippen molar-refractivity contribution in [3.63, 3.8) is 0 Å². The van der Waals surface area contributed by atoms with Gasteiger partial charge in [-0.1, -0.05) is 6.92 Å². The van der Waals surface area contributed by atoms with Crippen molar-refractivity contribution in [3.05, 3.63) is 11.9 Å². The summed E-state index contributed by atoms with van der Waals surface area (Å²) in [5.74, 6) is -0.517. The van der Waals surface area contributed by atoms with Gasteiger partial charge in [-0.05, 0) is 6.42 Å². The highest BCUT2D eigenvalue weighted by atomic mass is 32.2. The van der Waals surface area contributed by atoms with Crippen molar-refractivity contribution >= 4 is 22.9 Å². The lowest BCUT2D eigenvalue weighted by Crippen LogP contribution is -2.12. The lowest BCUT2D eigenvalue weighted by Gasteiger charge is -2.08. The first kappa shape index (κ1) is 13.4. The highest BCUT2D eigenvalue weighted by Crippen LogP contribution is 2.17. The van der Waals surface area contributed by atoms with Crippen LogP contribution < -0.4 is 9.46 Å². The van der Waals surface area contributed by atoms with Crippen molar-refractivity contribution in [2.45, 2.75) is 13.3 Å². The summed E-state index contributed by atoms with van der Waals surface area (Å²) in [6.45, 7) is 1.41. The van der Waals surface area contributed by atoms with Crippen LogP contribution in [0.15, 0.2) is 6.20 Å². The first-order valence-electron chi connectivity index (χ1n) is 4.83. The molecule has 0 spiro atoms. The molecule has 8 heteroatoms. The van der Waals surface area contributed by atoms with Crippen molar-refractivity contribution in [3.8, 4) is 5.75 Å². The summed E-state index contributed by atoms with van der Waals surface area (Å²) in [6.07, 6.45) is 3.39. The maximum atomic E-state index is 10.9. The fourth-order valence-corrected chi connectivity index (χ4v) is 1.45. The Labute approximate surface area is 101 Å². The van der Waals surface area contributed by atoms with E-state index in [1.807, 2.05) is 6.92 Å². The Balaban J connectivity index is 2.85. The Morgan fingerprint density at radius 2 is 2.35 bits per heavy atom. The Kier molecular flexibility index (Phi) is 4.83. The lowest BCUT2D eigenvalue weighted by atomic mass is 10.3. The number of nitrogens with one attached hydrogen (secondary N) is 1. The van der Waals surface area contributed by atoms with E-state index in [-0.39, 0.29) is 5.95 Å². The van der Waals surface area contributed by atoms with Gasteiger partial charge >= 0.3 is 5.97 Å². The second kappa shape index (κ2) is 6.14. The lowest BCUT2D eigenvalue weighted by molar-refractivity contribution is -0.139. The van der Waals surface area contributed by atoms with E-state index in [4.69, 9.17) is 9.84 Å². The van der Waals surface area contributed by atoms with E-state index >= 15 is 0 Å². The number of ether oxygens (including phenoxy) is 1. The number of aliphatic carboxylic acids is 1. The van der Waals surface area contributed by atoms with Gasteiger partial charge in [-0.2, -0.15) is 0 Å². The zero-order chi connectivity index (χ0) is 12.8. The molecule has 0 fully saturated rings. The molecule has 2 N–H and O–H groups in total. The van der Waals surface area contributed by atoms with Crippen LogP contribution in [0.5, 0.6) is 5.75 Å². The van der Waals surface area contributed by atoms with Gasteiger partial charge in [0.2, 0.25) is 5.95 Å². The summed E-state index contributed by atoms with van der Waals surface area (Å²) in [6, 6.07) is 0. The van der Waals surface area contributed by atoms with Crippen molar-refractivity contribution in [1.82, 2.24) is 9.97 Å². The molecule has 1 rings (SSSR count). The van der Waals surface area contributed by atoms with Crippen LogP contribution in [0.25, 0.3) is 0 Å². The number of nitrogens with zero attached hydrogens (tertiary/aromatic N) is 2. The first-order chi connectivity index (χ1) is 8.02. The van der Waals surface area contributed by atoms with Gasteiger partial charge in [0.25, 0.3) is 0 Å². The van der Waals surface area contributed by atoms with Crippen LogP contribution in [-0.2, 0) is 22.2 Å². The summed E-state index contributed by atoms with van der Waals surface area (Å²) in [7, 11) is -1.25. The average molecular weight is 259 g/mol. The zero-order valence-electron chi connectivity index (χ0n) is 9.47. The molecule has 1 heterocycles. The van der Waals surface area contributed by atoms with E-state index in [0.717, 1.165) is 0 Å². The van der Waals surface area contributed by atoms with Crippen LogP contribution >= 0.6 is 0 Å². The van der Waals surface area contributed by atoms with Gasteiger partial charge < -0.3 is 9.84 Å². The minimum Gasteiger partial charge on any atom is -0.479 e. The number of hydrogen-bond donors (Lipinski definition) is 2. The van der Waals surface area contributed by atoms with Gasteiger partial charge in [0.15, 0.2) is 12.4 Å². The van der Waals surface area contributed by atoms with E-state index in [1.54, 1.807) is 0 Å². The predicted molar refractivity (Wildman–Crippen MR) is 62.2 cm³/mol. The third-order valence-electron chi connectivity index (χ3n) is 1.75. The fourth-order valence-electron chi connectivity index (χ4n) is 1.10. The van der Waals surface area contributed by atoms with Gasteiger partial charge in [-0.15, -0.1) is 0 Å². The number of anilines is 1. The minimum atomic E-state index is -1.25. The molecule has 0 amide bonds. The third kappa shape index (κ3) is 4.35. The van der Waals surface area contributed by atoms with Crippen LogP contribution in [-0.4, -0.2) is 38.1 Å². The molecule has 0 aromatic carbocycles.